The molecule has 0 aliphatic carbocycles. The molecule has 0 spiro atoms. The molecular weight excluding hydrogens is 916 g/mol. The van der Waals surface area contributed by atoms with Gasteiger partial charge >= 0.3 is 0 Å². The summed E-state index contributed by atoms with van der Waals surface area (Å²) in [6.45, 7) is 15.7. The second-order valence-corrected chi connectivity index (χ2v) is 17.2. The van der Waals surface area contributed by atoms with Crippen LogP contribution in [0.2, 0.25) is 0 Å². The average Bonchev–Trinajstić information content (AvgIpc) is 3.87. The average molecular weight is 964 g/mol. The van der Waals surface area contributed by atoms with Gasteiger partial charge in [-0.15, -0.1) is 35.2 Å². The van der Waals surface area contributed by atoms with E-state index in [0.717, 1.165) is 50.1 Å². The summed E-state index contributed by atoms with van der Waals surface area (Å²) >= 11 is 0. The topological polar surface area (TPSA) is 35.9 Å². The van der Waals surface area contributed by atoms with Gasteiger partial charge in [-0.2, -0.15) is 12.1 Å². The molecule has 302 valence electrons. The molecule has 0 atom stereocenters. The summed E-state index contributed by atoms with van der Waals surface area (Å²) in [4.78, 5) is 4.94. The van der Waals surface area contributed by atoms with Crippen LogP contribution in [0.4, 0.5) is 0 Å². The molecule has 3 heterocycles. The molecule has 5 nitrogen and oxygen atoms in total. The van der Waals surface area contributed by atoms with Crippen LogP contribution in [0, 0.1) is 18.5 Å². The molecule has 6 aromatic carbocycles. The molecule has 0 radical (unpaired) electrons. The Morgan fingerprint density at radius 1 is 0.667 bits per heavy atom. The first-order valence-electron chi connectivity index (χ1n) is 20.4. The van der Waals surface area contributed by atoms with Gasteiger partial charge in [-0.1, -0.05) is 139 Å². The van der Waals surface area contributed by atoms with E-state index in [1.54, 1.807) is 0 Å². The molecule has 0 amide bonds. The van der Waals surface area contributed by atoms with E-state index in [9.17, 15) is 0 Å². The third-order valence-electron chi connectivity index (χ3n) is 11.5. The van der Waals surface area contributed by atoms with Crippen LogP contribution in [-0.4, -0.2) is 14.1 Å². The summed E-state index contributed by atoms with van der Waals surface area (Å²) in [6.07, 6.45) is 9.49. The van der Waals surface area contributed by atoms with E-state index in [-0.39, 0.29) is 31.9 Å². The van der Waals surface area contributed by atoms with Gasteiger partial charge in [-0.25, -0.2) is 4.98 Å². The van der Waals surface area contributed by atoms with Crippen LogP contribution in [-0.2, 0) is 31.9 Å². The van der Waals surface area contributed by atoms with Crippen molar-refractivity contribution < 1.29 is 30.4 Å². The first kappa shape index (κ1) is 40.7. The Hall–Kier alpha value is -6.03. The molecule has 0 saturated carbocycles. The van der Waals surface area contributed by atoms with Crippen molar-refractivity contribution >= 4 is 21.8 Å². The van der Waals surface area contributed by atoms with Crippen LogP contribution in [0.3, 0.4) is 0 Å². The SMILES string of the molecule is CC(C)c1ccccc1-c1cc(Oc2[c-]c3c(cc2)c2ccccc2n3-c2cc(C(C)(C)c3ccccc3)ccn2)[c-]c(-n2[c-][n+](-c3ccc(C(C)(C)C)cc3)cc2)c1.[Pt]. The van der Waals surface area contributed by atoms with Crippen molar-refractivity contribution in [3.8, 4) is 39.8 Å². The van der Waals surface area contributed by atoms with Crippen molar-refractivity contribution in [1.29, 1.82) is 0 Å². The third-order valence-corrected chi connectivity index (χ3v) is 11.5. The van der Waals surface area contributed by atoms with E-state index in [0.29, 0.717) is 17.4 Å². The first-order valence-corrected chi connectivity index (χ1v) is 20.4. The zero-order chi connectivity index (χ0) is 40.9. The Morgan fingerprint density at radius 2 is 1.40 bits per heavy atom. The van der Waals surface area contributed by atoms with Crippen LogP contribution in [0.1, 0.15) is 76.6 Å². The molecule has 0 N–H and O–H groups in total. The number of nitrogens with zero attached hydrogens (tertiary/aromatic N) is 4. The predicted octanol–water partition coefficient (Wildman–Crippen LogP) is 12.9. The molecule has 6 heteroatoms. The number of para-hydroxylation sites is 1. The van der Waals surface area contributed by atoms with Gasteiger partial charge in [0.15, 0.2) is 0 Å². The molecule has 60 heavy (non-hydrogen) atoms. The van der Waals surface area contributed by atoms with Crippen molar-refractivity contribution in [3.05, 3.63) is 199 Å². The monoisotopic (exact) mass is 963 g/mol. The van der Waals surface area contributed by atoms with Crippen LogP contribution < -0.4 is 9.30 Å². The summed E-state index contributed by atoms with van der Waals surface area (Å²) in [5, 5.41) is 2.21. The van der Waals surface area contributed by atoms with Crippen LogP contribution >= 0.6 is 0 Å². The Balaban J connectivity index is 0.00000499. The third kappa shape index (κ3) is 7.75. The molecule has 0 fully saturated rings. The van der Waals surface area contributed by atoms with Crippen molar-refractivity contribution in [1.82, 2.24) is 14.1 Å². The quantitative estimate of drug-likeness (QED) is 0.107. The summed E-state index contributed by atoms with van der Waals surface area (Å²) in [5.41, 5.74) is 10.8. The molecule has 0 aliphatic heterocycles. The number of ether oxygens (including phenoxy) is 1. The maximum Gasteiger partial charge on any atom is 0.267 e. The molecule has 9 rings (SSSR count). The molecule has 0 saturated heterocycles. The standard InChI is InChI=1S/C54H48N4O.Pt/c1-37(2)46-17-11-12-18-47(46)38-31-43(57-30-29-56(36-57)42-23-21-39(22-24-42)53(3,4)5)34-45(32-38)59-44-25-26-49-48-19-13-14-20-50(48)58(51(49)35-44)52-33-41(27-28-55-52)54(6,7)40-15-9-8-10-16-40;/h8-33,37H,1-7H3;/q-2;. The number of benzene rings is 6. The number of hydrogen-bond donors (Lipinski definition) is 0. The second kappa shape index (κ2) is 16.2. The molecule has 0 bridgehead atoms. The van der Waals surface area contributed by atoms with Crippen molar-refractivity contribution in [2.45, 2.75) is 65.2 Å². The molecule has 0 aliphatic rings. The maximum atomic E-state index is 6.79. The van der Waals surface area contributed by atoms with Crippen LogP contribution in [0.15, 0.2) is 158 Å². The van der Waals surface area contributed by atoms with Crippen LogP contribution in [0.25, 0.3) is 50.1 Å². The number of hydrogen-bond acceptors (Lipinski definition) is 2. The minimum absolute atomic E-state index is 0. The Labute approximate surface area is 368 Å². The van der Waals surface area contributed by atoms with Gasteiger partial charge in [0.25, 0.3) is 6.33 Å². The van der Waals surface area contributed by atoms with Gasteiger partial charge < -0.3 is 13.9 Å². The van der Waals surface area contributed by atoms with Gasteiger partial charge in [-0.3, -0.25) is 4.57 Å². The molecule has 0 unspecified atom stereocenters. The second-order valence-electron chi connectivity index (χ2n) is 17.2. The van der Waals surface area contributed by atoms with Gasteiger partial charge in [0.1, 0.15) is 5.82 Å². The minimum Gasteiger partial charge on any atom is -0.510 e. The van der Waals surface area contributed by atoms with E-state index in [4.69, 9.17) is 9.72 Å². The summed E-state index contributed by atoms with van der Waals surface area (Å²) in [6, 6.07) is 56.3. The van der Waals surface area contributed by atoms with Gasteiger partial charge in [-0.05, 0) is 80.6 Å². The molecular formula is C54H48N4OPt-2. The van der Waals surface area contributed by atoms with Gasteiger partial charge in [0.2, 0.25) is 0 Å². The van der Waals surface area contributed by atoms with Crippen molar-refractivity contribution in [2.75, 3.05) is 0 Å². The zero-order valence-corrected chi connectivity index (χ0v) is 37.4. The summed E-state index contributed by atoms with van der Waals surface area (Å²) in [7, 11) is 0. The van der Waals surface area contributed by atoms with E-state index in [2.05, 4.69) is 205 Å². The van der Waals surface area contributed by atoms with Crippen LogP contribution in [0.5, 0.6) is 11.5 Å². The van der Waals surface area contributed by atoms with Gasteiger partial charge in [0.05, 0.1) is 5.69 Å². The predicted molar refractivity (Wildman–Crippen MR) is 239 cm³/mol. The van der Waals surface area contributed by atoms with E-state index in [1.165, 1.54) is 22.3 Å². The van der Waals surface area contributed by atoms with Crippen molar-refractivity contribution in [2.24, 2.45) is 0 Å². The van der Waals surface area contributed by atoms with E-state index in [1.807, 2.05) is 33.8 Å². The number of fused-ring (bicyclic) bond motifs is 3. The fraction of sp³-hybridized carbons (Fsp3) is 0.185. The number of aromatic nitrogens is 4. The molecule has 9 aromatic rings. The smallest absolute Gasteiger partial charge is 0.267 e. The first-order chi connectivity index (χ1) is 28.4. The van der Waals surface area contributed by atoms with E-state index >= 15 is 0 Å². The number of pyridine rings is 1. The number of imidazole rings is 1. The summed E-state index contributed by atoms with van der Waals surface area (Å²) in [5.74, 6) is 2.34. The maximum absolute atomic E-state index is 6.79. The van der Waals surface area contributed by atoms with E-state index < -0.39 is 0 Å². The zero-order valence-electron chi connectivity index (χ0n) is 35.1. The van der Waals surface area contributed by atoms with Crippen molar-refractivity contribution in [3.63, 3.8) is 0 Å². The summed E-state index contributed by atoms with van der Waals surface area (Å²) < 4.78 is 13.0. The normalized spacial score (nSPS) is 11.9. The molecule has 3 aromatic heterocycles. The Morgan fingerprint density at radius 3 is 2.17 bits per heavy atom. The fourth-order valence-corrected chi connectivity index (χ4v) is 8.09. The minimum atomic E-state index is -0.226. The Kier molecular flexibility index (Phi) is 11.0. The largest absolute Gasteiger partial charge is 0.510 e. The Bertz CT molecular complexity index is 2950. The number of rotatable bonds is 9. The van der Waals surface area contributed by atoms with Gasteiger partial charge in [0, 0.05) is 62.1 Å². The fourth-order valence-electron chi connectivity index (χ4n) is 8.09.